The SMILES string of the molecule is C[C@H](C/C=C/C(=O)N1C(=O)OC[C@@H]1Cc1ccccc1)O[Si](C)(C)C(C)(C)C. The second-order valence-electron chi connectivity index (χ2n) is 8.96. The van der Waals surface area contributed by atoms with Crippen LogP contribution in [-0.4, -0.2) is 44.0 Å². The van der Waals surface area contributed by atoms with E-state index in [1.54, 1.807) is 6.08 Å². The van der Waals surface area contributed by atoms with Crippen molar-refractivity contribution >= 4 is 20.3 Å². The number of hydrogen-bond acceptors (Lipinski definition) is 4. The van der Waals surface area contributed by atoms with Crippen molar-refractivity contribution in [3.8, 4) is 0 Å². The third-order valence-corrected chi connectivity index (χ3v) is 10.1. The second kappa shape index (κ2) is 9.05. The highest BCUT2D eigenvalue weighted by Gasteiger charge is 2.38. The molecule has 0 N–H and O–H groups in total. The minimum Gasteiger partial charge on any atom is -0.447 e. The molecule has 0 radical (unpaired) electrons. The molecule has 1 saturated heterocycles. The molecule has 1 aliphatic heterocycles. The summed E-state index contributed by atoms with van der Waals surface area (Å²) in [4.78, 5) is 25.9. The van der Waals surface area contributed by atoms with Crippen LogP contribution in [0.2, 0.25) is 18.1 Å². The van der Waals surface area contributed by atoms with Gasteiger partial charge in [0.05, 0.1) is 6.04 Å². The standard InChI is InChI=1S/C22H33NO4Si/c1-17(27-28(5,6)22(2,3)4)11-10-14-20(24)23-19(16-26-21(23)25)15-18-12-8-7-9-13-18/h7-10,12-14,17,19H,11,15-16H2,1-6H3/b14-10+/t17-,19+/m1/s1. The predicted molar refractivity (Wildman–Crippen MR) is 114 cm³/mol. The number of benzene rings is 1. The molecule has 2 amide bonds. The Labute approximate surface area is 169 Å². The zero-order valence-corrected chi connectivity index (χ0v) is 18.9. The van der Waals surface area contributed by atoms with Crippen molar-refractivity contribution in [2.75, 3.05) is 6.61 Å². The molecule has 0 bridgehead atoms. The van der Waals surface area contributed by atoms with E-state index in [9.17, 15) is 9.59 Å². The van der Waals surface area contributed by atoms with Gasteiger partial charge in [-0.25, -0.2) is 9.69 Å². The molecule has 1 fully saturated rings. The zero-order valence-electron chi connectivity index (χ0n) is 17.9. The van der Waals surface area contributed by atoms with Gasteiger partial charge in [-0.15, -0.1) is 0 Å². The summed E-state index contributed by atoms with van der Waals surface area (Å²) in [7, 11) is -1.84. The van der Waals surface area contributed by atoms with Crippen molar-refractivity contribution in [2.24, 2.45) is 0 Å². The Morgan fingerprint density at radius 2 is 1.96 bits per heavy atom. The van der Waals surface area contributed by atoms with Crippen LogP contribution in [0.3, 0.4) is 0 Å². The zero-order chi connectivity index (χ0) is 20.9. The maximum absolute atomic E-state index is 12.6. The van der Waals surface area contributed by atoms with E-state index in [1.807, 2.05) is 37.3 Å². The van der Waals surface area contributed by atoms with Crippen LogP contribution >= 0.6 is 0 Å². The number of rotatable bonds is 7. The van der Waals surface area contributed by atoms with Crippen LogP contribution in [0.1, 0.15) is 39.7 Å². The topological polar surface area (TPSA) is 55.8 Å². The predicted octanol–water partition coefficient (Wildman–Crippen LogP) is 4.93. The molecule has 5 nitrogen and oxygen atoms in total. The monoisotopic (exact) mass is 403 g/mol. The summed E-state index contributed by atoms with van der Waals surface area (Å²) in [6.45, 7) is 13.3. The number of ether oxygens (including phenoxy) is 1. The fourth-order valence-electron chi connectivity index (χ4n) is 2.94. The summed E-state index contributed by atoms with van der Waals surface area (Å²) >= 11 is 0. The Bertz CT molecular complexity index is 709. The first-order valence-electron chi connectivity index (χ1n) is 9.89. The van der Waals surface area contributed by atoms with E-state index in [-0.39, 0.29) is 29.7 Å². The minimum absolute atomic E-state index is 0.0237. The highest BCUT2D eigenvalue weighted by atomic mass is 28.4. The molecule has 0 saturated carbocycles. The van der Waals surface area contributed by atoms with Crippen molar-refractivity contribution < 1.29 is 18.8 Å². The van der Waals surface area contributed by atoms with Crippen LogP contribution in [0.25, 0.3) is 0 Å². The molecule has 1 aromatic rings. The van der Waals surface area contributed by atoms with Gasteiger partial charge in [0.25, 0.3) is 5.91 Å². The van der Waals surface area contributed by atoms with Gasteiger partial charge in [0.2, 0.25) is 0 Å². The first-order chi connectivity index (χ1) is 13.0. The summed E-state index contributed by atoms with van der Waals surface area (Å²) in [6.07, 6.45) is 3.94. The number of amides is 2. The van der Waals surface area contributed by atoms with Crippen LogP contribution in [0.4, 0.5) is 4.79 Å². The van der Waals surface area contributed by atoms with E-state index in [1.165, 1.54) is 11.0 Å². The lowest BCUT2D eigenvalue weighted by molar-refractivity contribution is -0.124. The maximum atomic E-state index is 12.6. The van der Waals surface area contributed by atoms with Gasteiger partial charge in [-0.1, -0.05) is 57.2 Å². The molecular formula is C22H33NO4Si. The fraction of sp³-hybridized carbons (Fsp3) is 0.545. The fourth-order valence-corrected chi connectivity index (χ4v) is 4.39. The average molecular weight is 404 g/mol. The van der Waals surface area contributed by atoms with Crippen molar-refractivity contribution in [1.29, 1.82) is 0 Å². The van der Waals surface area contributed by atoms with E-state index in [0.29, 0.717) is 12.8 Å². The van der Waals surface area contributed by atoms with Gasteiger partial charge in [0.15, 0.2) is 8.32 Å². The molecular weight excluding hydrogens is 370 g/mol. The molecule has 28 heavy (non-hydrogen) atoms. The number of carbonyl (C=O) groups excluding carboxylic acids is 2. The van der Waals surface area contributed by atoms with Gasteiger partial charge in [0.1, 0.15) is 6.61 Å². The number of cyclic esters (lactones) is 1. The first-order valence-corrected chi connectivity index (χ1v) is 12.8. The molecule has 0 spiro atoms. The Morgan fingerprint density at radius 3 is 2.57 bits per heavy atom. The first kappa shape index (κ1) is 22.4. The van der Waals surface area contributed by atoms with Crippen LogP contribution < -0.4 is 0 Å². The Kier molecular flexibility index (Phi) is 7.23. The lowest BCUT2D eigenvalue weighted by atomic mass is 10.1. The van der Waals surface area contributed by atoms with E-state index in [0.717, 1.165) is 5.56 Å². The number of carbonyl (C=O) groups is 2. The van der Waals surface area contributed by atoms with Crippen LogP contribution in [-0.2, 0) is 20.4 Å². The Hall–Kier alpha value is -1.92. The van der Waals surface area contributed by atoms with Crippen LogP contribution in [0.5, 0.6) is 0 Å². The molecule has 6 heteroatoms. The molecule has 0 unspecified atom stereocenters. The molecule has 1 aliphatic rings. The largest absolute Gasteiger partial charge is 0.447 e. The Morgan fingerprint density at radius 1 is 1.32 bits per heavy atom. The molecule has 1 aromatic carbocycles. The quantitative estimate of drug-likeness (QED) is 0.478. The molecule has 0 aliphatic carbocycles. The van der Waals surface area contributed by atoms with Crippen molar-refractivity contribution in [2.45, 2.75) is 70.8 Å². The molecule has 0 aromatic heterocycles. The third-order valence-electron chi connectivity index (χ3n) is 5.54. The van der Waals surface area contributed by atoms with E-state index in [2.05, 4.69) is 33.9 Å². The van der Waals surface area contributed by atoms with Gasteiger partial charge < -0.3 is 9.16 Å². The lowest BCUT2D eigenvalue weighted by Gasteiger charge is -2.38. The summed E-state index contributed by atoms with van der Waals surface area (Å²) in [5.41, 5.74) is 1.07. The highest BCUT2D eigenvalue weighted by Crippen LogP contribution is 2.37. The van der Waals surface area contributed by atoms with Crippen molar-refractivity contribution in [1.82, 2.24) is 4.90 Å². The van der Waals surface area contributed by atoms with Crippen LogP contribution in [0, 0.1) is 0 Å². The lowest BCUT2D eigenvalue weighted by Crippen LogP contribution is -2.43. The summed E-state index contributed by atoms with van der Waals surface area (Å²) < 4.78 is 11.4. The summed E-state index contributed by atoms with van der Waals surface area (Å²) in [6, 6.07) is 9.54. The minimum atomic E-state index is -1.84. The maximum Gasteiger partial charge on any atom is 0.417 e. The van der Waals surface area contributed by atoms with Gasteiger partial charge >= 0.3 is 6.09 Å². The summed E-state index contributed by atoms with van der Waals surface area (Å²) in [5.74, 6) is -0.331. The average Bonchev–Trinajstić information content (AvgIpc) is 2.94. The van der Waals surface area contributed by atoms with Gasteiger partial charge in [0, 0.05) is 6.10 Å². The highest BCUT2D eigenvalue weighted by molar-refractivity contribution is 6.74. The summed E-state index contributed by atoms with van der Waals surface area (Å²) in [5, 5.41) is 0.144. The van der Waals surface area contributed by atoms with Gasteiger partial charge in [-0.2, -0.15) is 0 Å². The van der Waals surface area contributed by atoms with Crippen LogP contribution in [0.15, 0.2) is 42.5 Å². The number of nitrogens with zero attached hydrogens (tertiary/aromatic N) is 1. The van der Waals surface area contributed by atoms with E-state index in [4.69, 9.17) is 9.16 Å². The number of imide groups is 1. The number of hydrogen-bond donors (Lipinski definition) is 0. The van der Waals surface area contributed by atoms with Crippen molar-refractivity contribution in [3.63, 3.8) is 0 Å². The normalized spacial score (nSPS) is 19.1. The van der Waals surface area contributed by atoms with Gasteiger partial charge in [-0.05, 0) is 49.5 Å². The second-order valence-corrected chi connectivity index (χ2v) is 13.7. The molecule has 2 rings (SSSR count). The van der Waals surface area contributed by atoms with E-state index >= 15 is 0 Å². The van der Waals surface area contributed by atoms with Crippen molar-refractivity contribution in [3.05, 3.63) is 48.0 Å². The Balaban J connectivity index is 1.93. The molecule has 1 heterocycles. The third kappa shape index (κ3) is 5.79. The smallest absolute Gasteiger partial charge is 0.417 e. The molecule has 2 atom stereocenters. The van der Waals surface area contributed by atoms with Gasteiger partial charge in [-0.3, -0.25) is 4.79 Å². The molecule has 154 valence electrons. The van der Waals surface area contributed by atoms with E-state index < -0.39 is 14.4 Å².